The number of para-hydroxylation sites is 1. The lowest BCUT2D eigenvalue weighted by Gasteiger charge is -2.17. The largest absolute Gasteiger partial charge is 0.477 e. The van der Waals surface area contributed by atoms with Crippen LogP contribution in [0.25, 0.3) is 32.9 Å². The lowest BCUT2D eigenvalue weighted by molar-refractivity contribution is -0.136. The van der Waals surface area contributed by atoms with Crippen LogP contribution in [0.3, 0.4) is 0 Å². The van der Waals surface area contributed by atoms with Gasteiger partial charge in [0.2, 0.25) is 0 Å². The number of carboxylic acids is 1. The van der Waals surface area contributed by atoms with Crippen LogP contribution in [0.4, 0.5) is 18.9 Å². The molecule has 0 aliphatic carbocycles. The zero-order valence-electron chi connectivity index (χ0n) is 22.6. The highest BCUT2D eigenvalue weighted by Gasteiger charge is 2.33. The van der Waals surface area contributed by atoms with Gasteiger partial charge in [-0.2, -0.15) is 13.2 Å². The van der Waals surface area contributed by atoms with Crippen molar-refractivity contribution in [2.24, 2.45) is 7.05 Å². The molecule has 4 aromatic carbocycles. The van der Waals surface area contributed by atoms with Gasteiger partial charge in [0.15, 0.2) is 0 Å². The van der Waals surface area contributed by atoms with E-state index in [1.54, 1.807) is 29.9 Å². The van der Waals surface area contributed by atoms with Crippen molar-refractivity contribution >= 4 is 33.5 Å². The molecule has 0 aliphatic heterocycles. The zero-order chi connectivity index (χ0) is 29.4. The van der Waals surface area contributed by atoms with E-state index in [1.165, 1.54) is 6.07 Å². The number of anilines is 1. The molecule has 0 bridgehead atoms. The molecule has 0 spiro atoms. The number of hydrogen-bond donors (Lipinski definition) is 2. The van der Waals surface area contributed by atoms with Crippen LogP contribution in [0.2, 0.25) is 0 Å². The summed E-state index contributed by atoms with van der Waals surface area (Å²) in [5, 5.41) is 14.1. The summed E-state index contributed by atoms with van der Waals surface area (Å²) >= 11 is 0. The first-order chi connectivity index (χ1) is 20.2. The SMILES string of the molecule is Cn1c(C(=O)O)cc2cc(NCc3cccc(-c4c(Cc5ccccc5)cnc5c(C(F)(F)F)cccc45)c3)ccc21. The molecular weight excluding hydrogens is 539 g/mol. The Bertz CT molecular complexity index is 1950. The van der Waals surface area contributed by atoms with E-state index in [1.807, 2.05) is 72.8 Å². The van der Waals surface area contributed by atoms with Gasteiger partial charge in [0, 0.05) is 41.8 Å². The predicted molar refractivity (Wildman–Crippen MR) is 159 cm³/mol. The first kappa shape index (κ1) is 27.1. The maximum atomic E-state index is 13.9. The van der Waals surface area contributed by atoms with Gasteiger partial charge >= 0.3 is 12.1 Å². The quantitative estimate of drug-likeness (QED) is 0.204. The molecule has 0 amide bonds. The summed E-state index contributed by atoms with van der Waals surface area (Å²) in [6.07, 6.45) is -2.44. The number of alkyl halides is 3. The second-order valence-electron chi connectivity index (χ2n) is 10.2. The van der Waals surface area contributed by atoms with Crippen molar-refractivity contribution in [2.45, 2.75) is 19.1 Å². The normalized spacial score (nSPS) is 11.7. The maximum absolute atomic E-state index is 13.9. The first-order valence-electron chi connectivity index (χ1n) is 13.4. The highest BCUT2D eigenvalue weighted by Crippen LogP contribution is 2.39. The molecule has 0 radical (unpaired) electrons. The van der Waals surface area contributed by atoms with Gasteiger partial charge in [-0.05, 0) is 70.6 Å². The molecule has 0 atom stereocenters. The summed E-state index contributed by atoms with van der Waals surface area (Å²) in [4.78, 5) is 15.8. The van der Waals surface area contributed by atoms with Crippen LogP contribution < -0.4 is 5.32 Å². The standard InChI is InChI=1S/C34H26F3N3O2/c1-40-29-14-13-26(17-24(29)18-30(40)33(41)42)38-19-22-9-5-10-23(16-22)31-25(15-21-7-3-2-4-8-21)20-39-32-27(31)11-6-12-28(32)34(35,36)37/h2-14,16-18,20,38H,15,19H2,1H3,(H,41,42). The molecular formula is C34H26F3N3O2. The molecule has 42 heavy (non-hydrogen) atoms. The number of nitrogens with zero attached hydrogens (tertiary/aromatic N) is 2. The van der Waals surface area contributed by atoms with Crippen molar-refractivity contribution < 1.29 is 23.1 Å². The second kappa shape index (κ2) is 10.7. The minimum absolute atomic E-state index is 0.0720. The fourth-order valence-corrected chi connectivity index (χ4v) is 5.49. The Morgan fingerprint density at radius 1 is 0.905 bits per heavy atom. The molecule has 6 aromatic rings. The molecule has 5 nitrogen and oxygen atoms in total. The molecule has 2 aromatic heterocycles. The van der Waals surface area contributed by atoms with Crippen molar-refractivity contribution in [1.29, 1.82) is 0 Å². The third-order valence-corrected chi connectivity index (χ3v) is 7.49. The number of benzene rings is 4. The molecule has 6 rings (SSSR count). The van der Waals surface area contributed by atoms with E-state index in [0.29, 0.717) is 18.4 Å². The van der Waals surface area contributed by atoms with E-state index in [2.05, 4.69) is 10.3 Å². The molecule has 0 saturated carbocycles. The van der Waals surface area contributed by atoms with E-state index < -0.39 is 17.7 Å². The summed E-state index contributed by atoms with van der Waals surface area (Å²) in [5.74, 6) is -0.988. The Morgan fingerprint density at radius 3 is 2.43 bits per heavy atom. The van der Waals surface area contributed by atoms with Crippen LogP contribution in [0.5, 0.6) is 0 Å². The summed E-state index contributed by atoms with van der Waals surface area (Å²) < 4.78 is 43.4. The number of aromatic nitrogens is 2. The van der Waals surface area contributed by atoms with Crippen LogP contribution in [-0.2, 0) is 26.2 Å². The number of carboxylic acid groups (broad SMARTS) is 1. The minimum atomic E-state index is -4.53. The van der Waals surface area contributed by atoms with Crippen LogP contribution >= 0.6 is 0 Å². The van der Waals surface area contributed by atoms with E-state index in [0.717, 1.165) is 50.5 Å². The topological polar surface area (TPSA) is 67.2 Å². The average Bonchev–Trinajstić information content (AvgIpc) is 3.31. The number of carbonyl (C=O) groups is 1. The number of halogens is 3. The van der Waals surface area contributed by atoms with E-state index in [9.17, 15) is 23.1 Å². The number of hydrogen-bond acceptors (Lipinski definition) is 3. The Morgan fingerprint density at radius 2 is 1.67 bits per heavy atom. The van der Waals surface area contributed by atoms with Crippen molar-refractivity contribution in [2.75, 3.05) is 5.32 Å². The van der Waals surface area contributed by atoms with Gasteiger partial charge in [-0.3, -0.25) is 4.98 Å². The van der Waals surface area contributed by atoms with Crippen LogP contribution in [0.15, 0.2) is 103 Å². The van der Waals surface area contributed by atoms with Crippen molar-refractivity contribution in [3.05, 3.63) is 131 Å². The Labute approximate surface area is 239 Å². The Kier molecular flexibility index (Phi) is 6.90. The monoisotopic (exact) mass is 565 g/mol. The van der Waals surface area contributed by atoms with Crippen LogP contribution in [-0.4, -0.2) is 20.6 Å². The molecule has 0 fully saturated rings. The number of fused-ring (bicyclic) bond motifs is 2. The van der Waals surface area contributed by atoms with Gasteiger partial charge in [-0.25, -0.2) is 4.79 Å². The van der Waals surface area contributed by atoms with Gasteiger partial charge in [-0.15, -0.1) is 0 Å². The molecule has 210 valence electrons. The minimum Gasteiger partial charge on any atom is -0.477 e. The smallest absolute Gasteiger partial charge is 0.418 e. The van der Waals surface area contributed by atoms with E-state index >= 15 is 0 Å². The fraction of sp³-hybridized carbons (Fsp3) is 0.118. The van der Waals surface area contributed by atoms with Crippen LogP contribution in [0.1, 0.15) is 32.7 Å². The van der Waals surface area contributed by atoms with Gasteiger partial charge in [-0.1, -0.05) is 60.7 Å². The number of rotatable bonds is 7. The number of aryl methyl sites for hydroxylation is 1. The van der Waals surface area contributed by atoms with Gasteiger partial charge in [0.25, 0.3) is 0 Å². The molecule has 2 N–H and O–H groups in total. The third kappa shape index (κ3) is 5.19. The van der Waals surface area contributed by atoms with Crippen molar-refractivity contribution in [1.82, 2.24) is 9.55 Å². The predicted octanol–water partition coefficient (Wildman–Crippen LogP) is 8.31. The van der Waals surface area contributed by atoms with Gasteiger partial charge in [0.05, 0.1) is 11.1 Å². The number of aromatic carboxylic acids is 1. The Hall–Kier alpha value is -5.11. The molecule has 0 unspecified atom stereocenters. The summed E-state index contributed by atoms with van der Waals surface area (Å²) in [7, 11) is 1.72. The molecule has 8 heteroatoms. The van der Waals surface area contributed by atoms with Crippen molar-refractivity contribution in [3.63, 3.8) is 0 Å². The van der Waals surface area contributed by atoms with Crippen LogP contribution in [0, 0.1) is 0 Å². The highest BCUT2D eigenvalue weighted by molar-refractivity contribution is 5.98. The average molecular weight is 566 g/mol. The zero-order valence-corrected chi connectivity index (χ0v) is 22.6. The molecule has 0 saturated heterocycles. The second-order valence-corrected chi connectivity index (χ2v) is 10.2. The lowest BCUT2D eigenvalue weighted by atomic mass is 9.91. The van der Waals surface area contributed by atoms with Crippen molar-refractivity contribution in [3.8, 4) is 11.1 Å². The number of pyridine rings is 1. The maximum Gasteiger partial charge on any atom is 0.418 e. The van der Waals surface area contributed by atoms with E-state index in [-0.39, 0.29) is 11.2 Å². The van der Waals surface area contributed by atoms with Gasteiger partial charge in [0.1, 0.15) is 5.69 Å². The molecule has 2 heterocycles. The molecule has 0 aliphatic rings. The van der Waals surface area contributed by atoms with E-state index in [4.69, 9.17) is 0 Å². The highest BCUT2D eigenvalue weighted by atomic mass is 19.4. The Balaban J connectivity index is 1.38. The third-order valence-electron chi connectivity index (χ3n) is 7.49. The summed E-state index contributed by atoms with van der Waals surface area (Å²) in [6, 6.07) is 29.1. The summed E-state index contributed by atoms with van der Waals surface area (Å²) in [6.45, 7) is 0.461. The fourth-order valence-electron chi connectivity index (χ4n) is 5.49. The summed E-state index contributed by atoms with van der Waals surface area (Å²) in [5.41, 5.74) is 5.35. The number of nitrogens with one attached hydrogen (secondary N) is 1. The van der Waals surface area contributed by atoms with Gasteiger partial charge < -0.3 is 15.0 Å². The first-order valence-corrected chi connectivity index (χ1v) is 13.4. The lowest BCUT2D eigenvalue weighted by Crippen LogP contribution is -2.07.